The van der Waals surface area contributed by atoms with Gasteiger partial charge in [0.05, 0.1) is 12.8 Å². The molecule has 1 aromatic heterocycles. The van der Waals surface area contributed by atoms with E-state index < -0.39 is 0 Å². The van der Waals surface area contributed by atoms with Crippen LogP contribution >= 0.6 is 11.6 Å². The maximum Gasteiger partial charge on any atom is 0.208 e. The number of benzene rings is 3. The molecule has 0 spiro atoms. The van der Waals surface area contributed by atoms with Crippen molar-refractivity contribution >= 4 is 40.1 Å². The number of fused-ring (bicyclic) bond motifs is 1. The monoisotopic (exact) mass is 419 g/mol. The Kier molecular flexibility index (Phi) is 5.63. The second kappa shape index (κ2) is 8.51. The van der Waals surface area contributed by atoms with Crippen molar-refractivity contribution in [1.29, 1.82) is 0 Å². The predicted molar refractivity (Wildman–Crippen MR) is 123 cm³/mol. The van der Waals surface area contributed by atoms with Crippen LogP contribution in [0.5, 0.6) is 5.75 Å². The number of ether oxygens (including phenoxy) is 1. The average molecular weight is 420 g/mol. The normalized spacial score (nSPS) is 11.6. The molecular weight excluding hydrogens is 398 g/mol. The van der Waals surface area contributed by atoms with Gasteiger partial charge in [0.1, 0.15) is 11.3 Å². The van der Waals surface area contributed by atoms with Crippen LogP contribution in [0.1, 0.15) is 11.1 Å². The molecule has 4 rings (SSSR count). The molecule has 0 saturated heterocycles. The van der Waals surface area contributed by atoms with Crippen molar-refractivity contribution in [1.82, 2.24) is 0 Å². The highest BCUT2D eigenvalue weighted by molar-refractivity contribution is 6.31. The highest BCUT2D eigenvalue weighted by Crippen LogP contribution is 2.38. The third-order valence-electron chi connectivity index (χ3n) is 4.88. The number of nitrogens with zero attached hydrogens (tertiary/aromatic N) is 2. The topological polar surface area (TPSA) is 64.0 Å². The van der Waals surface area contributed by atoms with Gasteiger partial charge in [-0.25, -0.2) is 4.90 Å². The number of halogens is 1. The molecule has 0 amide bonds. The zero-order valence-corrected chi connectivity index (χ0v) is 17.6. The summed E-state index contributed by atoms with van der Waals surface area (Å²) in [5.74, 6) is 1.40. The van der Waals surface area contributed by atoms with Crippen molar-refractivity contribution in [3.05, 3.63) is 88.9 Å². The van der Waals surface area contributed by atoms with Crippen LogP contribution in [0.4, 0.5) is 11.6 Å². The van der Waals surface area contributed by atoms with Crippen LogP contribution in [-0.4, -0.2) is 20.1 Å². The minimum absolute atomic E-state index is 0.263. The third-order valence-corrected chi connectivity index (χ3v) is 5.11. The van der Waals surface area contributed by atoms with E-state index in [-0.39, 0.29) is 5.96 Å². The maximum absolute atomic E-state index is 6.24. The third kappa shape index (κ3) is 3.98. The summed E-state index contributed by atoms with van der Waals surface area (Å²) >= 11 is 6.24. The zero-order chi connectivity index (χ0) is 21.1. The van der Waals surface area contributed by atoms with Crippen molar-refractivity contribution < 1.29 is 9.15 Å². The van der Waals surface area contributed by atoms with Gasteiger partial charge >= 0.3 is 0 Å². The molecule has 152 valence electrons. The highest BCUT2D eigenvalue weighted by atomic mass is 35.5. The standard InChI is InChI=1S/C24H22ClN3O2/c1-27-24(26)28(20-15-19(25)9-11-22(20)29-2)23-14-18-13-17(8-10-21(18)30-23)12-16-6-4-3-5-7-16/h3-11,13-15H,12H2,1-2H3,(H2,26,27). The average Bonchev–Trinajstić information content (AvgIpc) is 3.17. The molecule has 2 N–H and O–H groups in total. The molecular formula is C24H22ClN3O2. The molecule has 0 bridgehead atoms. The van der Waals surface area contributed by atoms with Crippen molar-refractivity contribution in [2.45, 2.75) is 6.42 Å². The van der Waals surface area contributed by atoms with Gasteiger partial charge in [-0.15, -0.1) is 0 Å². The van der Waals surface area contributed by atoms with E-state index in [1.807, 2.05) is 30.3 Å². The fraction of sp³-hybridized carbons (Fsp3) is 0.125. The summed E-state index contributed by atoms with van der Waals surface area (Å²) in [6.07, 6.45) is 0.849. The summed E-state index contributed by atoms with van der Waals surface area (Å²) in [4.78, 5) is 5.85. The Morgan fingerprint density at radius 2 is 1.83 bits per heavy atom. The Hall–Kier alpha value is -3.44. The second-order valence-electron chi connectivity index (χ2n) is 6.85. The molecule has 1 heterocycles. The Bertz CT molecular complexity index is 1200. The molecule has 3 aromatic carbocycles. The molecule has 0 radical (unpaired) electrons. The molecule has 30 heavy (non-hydrogen) atoms. The van der Waals surface area contributed by atoms with Crippen LogP contribution in [0.25, 0.3) is 11.0 Å². The lowest BCUT2D eigenvalue weighted by Gasteiger charge is -2.22. The summed E-state index contributed by atoms with van der Waals surface area (Å²) in [7, 11) is 3.22. The lowest BCUT2D eigenvalue weighted by atomic mass is 10.0. The Balaban J connectivity index is 1.76. The molecule has 0 aliphatic rings. The number of aliphatic imine (C=N–C) groups is 1. The lowest BCUT2D eigenvalue weighted by Crippen LogP contribution is -2.33. The van der Waals surface area contributed by atoms with Crippen LogP contribution in [0.3, 0.4) is 0 Å². The fourth-order valence-electron chi connectivity index (χ4n) is 3.42. The molecule has 0 atom stereocenters. The largest absolute Gasteiger partial charge is 0.495 e. The van der Waals surface area contributed by atoms with Gasteiger partial charge in [0, 0.05) is 23.5 Å². The Labute approximate surface area is 180 Å². The number of hydrogen-bond acceptors (Lipinski definition) is 3. The SMILES string of the molecule is CN=C(N)N(c1cc2cc(Cc3ccccc3)ccc2o1)c1cc(Cl)ccc1OC. The van der Waals surface area contributed by atoms with Gasteiger partial charge < -0.3 is 14.9 Å². The highest BCUT2D eigenvalue weighted by Gasteiger charge is 2.22. The first-order valence-electron chi connectivity index (χ1n) is 9.51. The number of furan rings is 1. The molecule has 0 unspecified atom stereocenters. The van der Waals surface area contributed by atoms with Gasteiger partial charge in [-0.3, -0.25) is 4.99 Å². The van der Waals surface area contributed by atoms with Crippen LogP contribution in [0, 0.1) is 0 Å². The fourth-order valence-corrected chi connectivity index (χ4v) is 3.59. The van der Waals surface area contributed by atoms with E-state index in [0.29, 0.717) is 22.3 Å². The summed E-state index contributed by atoms with van der Waals surface area (Å²) < 4.78 is 11.6. The van der Waals surface area contributed by atoms with Crippen molar-refractivity contribution in [3.8, 4) is 5.75 Å². The van der Waals surface area contributed by atoms with Crippen LogP contribution in [0.15, 0.2) is 82.2 Å². The van der Waals surface area contributed by atoms with Gasteiger partial charge in [-0.1, -0.05) is 48.0 Å². The molecule has 0 saturated carbocycles. The number of guanidine groups is 1. The van der Waals surface area contributed by atoms with E-state index >= 15 is 0 Å². The summed E-state index contributed by atoms with van der Waals surface area (Å²) in [5, 5.41) is 1.54. The van der Waals surface area contributed by atoms with Crippen molar-refractivity contribution in [3.63, 3.8) is 0 Å². The van der Waals surface area contributed by atoms with Gasteiger partial charge in [0.25, 0.3) is 0 Å². The van der Waals surface area contributed by atoms with Crippen LogP contribution in [0.2, 0.25) is 5.02 Å². The minimum atomic E-state index is 0.263. The molecule has 0 aliphatic heterocycles. The van der Waals surface area contributed by atoms with E-state index in [0.717, 1.165) is 17.4 Å². The van der Waals surface area contributed by atoms with Gasteiger partial charge in [-0.05, 0) is 47.9 Å². The number of nitrogens with two attached hydrogens (primary N) is 1. The first kappa shape index (κ1) is 19.9. The van der Waals surface area contributed by atoms with E-state index in [9.17, 15) is 0 Å². The zero-order valence-electron chi connectivity index (χ0n) is 16.8. The summed E-state index contributed by atoms with van der Waals surface area (Å²) in [6.45, 7) is 0. The number of anilines is 2. The first-order chi connectivity index (χ1) is 14.6. The van der Waals surface area contributed by atoms with Crippen molar-refractivity contribution in [2.75, 3.05) is 19.1 Å². The first-order valence-corrected chi connectivity index (χ1v) is 9.89. The van der Waals surface area contributed by atoms with E-state index in [1.54, 1.807) is 37.3 Å². The minimum Gasteiger partial charge on any atom is -0.495 e. The van der Waals surface area contributed by atoms with Gasteiger partial charge in [-0.2, -0.15) is 0 Å². The van der Waals surface area contributed by atoms with Gasteiger partial charge in [0.15, 0.2) is 0 Å². The molecule has 5 nitrogen and oxygen atoms in total. The molecule has 6 heteroatoms. The van der Waals surface area contributed by atoms with Gasteiger partial charge in [0.2, 0.25) is 11.8 Å². The Morgan fingerprint density at radius 1 is 1.03 bits per heavy atom. The molecule has 0 aliphatic carbocycles. The molecule has 0 fully saturated rings. The lowest BCUT2D eigenvalue weighted by molar-refractivity contribution is 0.415. The molecule has 4 aromatic rings. The van der Waals surface area contributed by atoms with Crippen molar-refractivity contribution in [2.24, 2.45) is 10.7 Å². The summed E-state index contributed by atoms with van der Waals surface area (Å²) in [5.41, 5.74) is 10.1. The van der Waals surface area contributed by atoms with E-state index in [1.165, 1.54) is 11.1 Å². The van der Waals surface area contributed by atoms with Crippen LogP contribution < -0.4 is 15.4 Å². The quantitative estimate of drug-likeness (QED) is 0.329. The second-order valence-corrected chi connectivity index (χ2v) is 7.29. The number of hydrogen-bond donors (Lipinski definition) is 1. The number of methoxy groups -OCH3 is 1. The Morgan fingerprint density at radius 3 is 2.57 bits per heavy atom. The van der Waals surface area contributed by atoms with E-state index in [2.05, 4.69) is 29.3 Å². The summed E-state index contributed by atoms with van der Waals surface area (Å²) in [6, 6.07) is 23.8. The number of rotatable bonds is 5. The maximum atomic E-state index is 6.24. The smallest absolute Gasteiger partial charge is 0.208 e. The van der Waals surface area contributed by atoms with Crippen LogP contribution in [-0.2, 0) is 6.42 Å². The van der Waals surface area contributed by atoms with E-state index in [4.69, 9.17) is 26.5 Å². The predicted octanol–water partition coefficient (Wildman–Crippen LogP) is 5.77.